The van der Waals surface area contributed by atoms with Crippen molar-refractivity contribution in [1.82, 2.24) is 14.3 Å². The van der Waals surface area contributed by atoms with E-state index >= 15 is 0 Å². The van der Waals surface area contributed by atoms with Gasteiger partial charge in [0.15, 0.2) is 5.65 Å². The molecule has 1 fully saturated rings. The average molecular weight is 341 g/mol. The van der Waals surface area contributed by atoms with E-state index in [-0.39, 0.29) is 0 Å². The summed E-state index contributed by atoms with van der Waals surface area (Å²) in [4.78, 5) is 11.3. The van der Waals surface area contributed by atoms with Gasteiger partial charge in [0.25, 0.3) is 0 Å². The van der Waals surface area contributed by atoms with Gasteiger partial charge in [0, 0.05) is 37.7 Å². The summed E-state index contributed by atoms with van der Waals surface area (Å²) < 4.78 is 9.54. The van der Waals surface area contributed by atoms with Crippen LogP contribution in [0, 0.1) is 5.92 Å². The molecule has 6 nitrogen and oxygen atoms in total. The van der Waals surface area contributed by atoms with Crippen molar-refractivity contribution in [3.63, 3.8) is 0 Å². The molecule has 0 unspecified atom stereocenters. The minimum absolute atomic E-state index is 0.316. The van der Waals surface area contributed by atoms with Crippen molar-refractivity contribution < 1.29 is 14.6 Å². The highest BCUT2D eigenvalue weighted by atomic mass is 16.5. The van der Waals surface area contributed by atoms with E-state index in [0.717, 1.165) is 54.2 Å². The van der Waals surface area contributed by atoms with E-state index in [4.69, 9.17) is 4.74 Å². The second-order valence-electron chi connectivity index (χ2n) is 7.07. The third-order valence-electron chi connectivity index (χ3n) is 5.46. The standard InChI is InChI=1S/C19H23N3O3/c1-21-11-16-15-9-13(19(23)24)5-8-17(15)22(18(16)20-21)10-12-3-6-14(25-2)7-4-12/h5,8-9,11-12,14H,3-4,6-7,10H2,1-2H3,(H,23,24). The quantitative estimate of drug-likeness (QED) is 0.789. The normalized spacial score (nSPS) is 21.2. The number of carboxylic acid groups (broad SMARTS) is 1. The van der Waals surface area contributed by atoms with Crippen LogP contribution in [-0.4, -0.2) is 38.6 Å². The number of methoxy groups -OCH3 is 1. The summed E-state index contributed by atoms with van der Waals surface area (Å²) in [5.41, 5.74) is 2.32. The van der Waals surface area contributed by atoms with Gasteiger partial charge in [0.2, 0.25) is 0 Å². The first-order chi connectivity index (χ1) is 12.1. The number of ether oxygens (including phenoxy) is 1. The Labute approximate surface area is 146 Å². The van der Waals surface area contributed by atoms with Gasteiger partial charge in [-0.25, -0.2) is 4.79 Å². The van der Waals surface area contributed by atoms with E-state index < -0.39 is 5.97 Å². The zero-order valence-electron chi connectivity index (χ0n) is 14.6. The van der Waals surface area contributed by atoms with E-state index in [1.165, 1.54) is 0 Å². The van der Waals surface area contributed by atoms with E-state index in [1.54, 1.807) is 23.9 Å². The number of fused-ring (bicyclic) bond motifs is 3. The fourth-order valence-corrected chi connectivity index (χ4v) is 4.09. The molecule has 3 aromatic rings. The Bertz CT molecular complexity index is 932. The van der Waals surface area contributed by atoms with Crippen LogP contribution in [0.3, 0.4) is 0 Å². The van der Waals surface area contributed by atoms with Crippen LogP contribution < -0.4 is 0 Å². The van der Waals surface area contributed by atoms with E-state index in [0.29, 0.717) is 17.6 Å². The molecule has 0 bridgehead atoms. The second-order valence-corrected chi connectivity index (χ2v) is 7.07. The molecule has 4 rings (SSSR count). The molecule has 0 spiro atoms. The maximum Gasteiger partial charge on any atom is 0.335 e. The van der Waals surface area contributed by atoms with Crippen LogP contribution in [0.15, 0.2) is 24.4 Å². The van der Waals surface area contributed by atoms with Crippen LogP contribution >= 0.6 is 0 Å². The summed E-state index contributed by atoms with van der Waals surface area (Å²) in [7, 11) is 3.70. The number of hydrogen-bond acceptors (Lipinski definition) is 3. The predicted octanol–water partition coefficient (Wildman–Crippen LogP) is 3.43. The smallest absolute Gasteiger partial charge is 0.335 e. The Kier molecular flexibility index (Phi) is 4.00. The van der Waals surface area contributed by atoms with E-state index in [1.807, 2.05) is 19.3 Å². The Morgan fingerprint density at radius 1 is 1.28 bits per heavy atom. The Hall–Kier alpha value is -2.34. The lowest BCUT2D eigenvalue weighted by Gasteiger charge is -2.28. The molecule has 1 aliphatic carbocycles. The highest BCUT2D eigenvalue weighted by molar-refractivity contribution is 6.08. The SMILES string of the molecule is COC1CCC(Cn2c3ccc(C(=O)O)cc3c3cn(C)nc32)CC1. The Morgan fingerprint density at radius 3 is 2.72 bits per heavy atom. The molecule has 6 heteroatoms. The molecule has 0 aliphatic heterocycles. The molecule has 1 saturated carbocycles. The van der Waals surface area contributed by atoms with Crippen molar-refractivity contribution in [2.24, 2.45) is 13.0 Å². The molecule has 2 heterocycles. The number of hydrogen-bond donors (Lipinski definition) is 1. The first kappa shape index (κ1) is 16.1. The third kappa shape index (κ3) is 2.80. The topological polar surface area (TPSA) is 69.3 Å². The molecule has 1 aliphatic rings. The van der Waals surface area contributed by atoms with Crippen molar-refractivity contribution in [2.75, 3.05) is 7.11 Å². The van der Waals surface area contributed by atoms with Gasteiger partial charge in [-0.1, -0.05) is 0 Å². The summed E-state index contributed by atoms with van der Waals surface area (Å²) in [6.45, 7) is 0.917. The molecule has 25 heavy (non-hydrogen) atoms. The van der Waals surface area contributed by atoms with Crippen LogP contribution in [0.5, 0.6) is 0 Å². The fraction of sp³-hybridized carbons (Fsp3) is 0.474. The fourth-order valence-electron chi connectivity index (χ4n) is 4.09. The van der Waals surface area contributed by atoms with Gasteiger partial charge in [0.05, 0.1) is 17.2 Å². The molecule has 132 valence electrons. The molecule has 0 radical (unpaired) electrons. The largest absolute Gasteiger partial charge is 0.478 e. The van der Waals surface area contributed by atoms with Crippen molar-refractivity contribution in [1.29, 1.82) is 0 Å². The summed E-state index contributed by atoms with van der Waals surface area (Å²) in [5.74, 6) is -0.295. The second kappa shape index (κ2) is 6.19. The lowest BCUT2D eigenvalue weighted by atomic mass is 9.87. The maximum atomic E-state index is 11.3. The van der Waals surface area contributed by atoms with Gasteiger partial charge in [-0.15, -0.1) is 0 Å². The van der Waals surface area contributed by atoms with Gasteiger partial charge < -0.3 is 14.4 Å². The summed E-state index contributed by atoms with van der Waals surface area (Å²) in [6.07, 6.45) is 6.89. The molecular formula is C19H23N3O3. The molecular weight excluding hydrogens is 318 g/mol. The molecule has 1 aromatic carbocycles. The van der Waals surface area contributed by atoms with E-state index in [2.05, 4.69) is 9.67 Å². The van der Waals surface area contributed by atoms with E-state index in [9.17, 15) is 9.90 Å². The minimum atomic E-state index is -0.899. The van der Waals surface area contributed by atoms with Crippen molar-refractivity contribution >= 4 is 27.9 Å². The zero-order valence-corrected chi connectivity index (χ0v) is 14.6. The van der Waals surface area contributed by atoms with Crippen LogP contribution in [0.1, 0.15) is 36.0 Å². The van der Waals surface area contributed by atoms with Crippen molar-refractivity contribution in [3.8, 4) is 0 Å². The zero-order chi connectivity index (χ0) is 17.6. The van der Waals surface area contributed by atoms with Crippen LogP contribution in [0.2, 0.25) is 0 Å². The summed E-state index contributed by atoms with van der Waals surface area (Å²) >= 11 is 0. The average Bonchev–Trinajstić information content (AvgIpc) is 3.12. The predicted molar refractivity (Wildman–Crippen MR) is 95.9 cm³/mol. The first-order valence-electron chi connectivity index (χ1n) is 8.78. The highest BCUT2D eigenvalue weighted by Gasteiger charge is 2.23. The molecule has 0 saturated heterocycles. The van der Waals surface area contributed by atoms with Crippen LogP contribution in [-0.2, 0) is 18.3 Å². The first-order valence-corrected chi connectivity index (χ1v) is 8.78. The van der Waals surface area contributed by atoms with Gasteiger partial charge in [-0.05, 0) is 49.8 Å². The van der Waals surface area contributed by atoms with Crippen LogP contribution in [0.4, 0.5) is 0 Å². The third-order valence-corrected chi connectivity index (χ3v) is 5.46. The Morgan fingerprint density at radius 2 is 2.04 bits per heavy atom. The summed E-state index contributed by atoms with van der Waals surface area (Å²) in [5, 5.41) is 15.9. The minimum Gasteiger partial charge on any atom is -0.478 e. The van der Waals surface area contributed by atoms with Gasteiger partial charge >= 0.3 is 5.97 Å². The molecule has 2 aromatic heterocycles. The Balaban J connectivity index is 1.75. The number of carbonyl (C=O) groups is 1. The van der Waals surface area contributed by atoms with Gasteiger partial charge in [-0.3, -0.25) is 4.68 Å². The molecule has 0 amide bonds. The lowest BCUT2D eigenvalue weighted by Crippen LogP contribution is -2.23. The summed E-state index contributed by atoms with van der Waals surface area (Å²) in [6, 6.07) is 5.36. The molecule has 0 atom stereocenters. The van der Waals surface area contributed by atoms with Gasteiger partial charge in [-0.2, -0.15) is 5.10 Å². The van der Waals surface area contributed by atoms with Crippen LogP contribution in [0.25, 0.3) is 21.9 Å². The number of benzene rings is 1. The molecule has 1 N–H and O–H groups in total. The number of aromatic nitrogens is 3. The number of nitrogens with zero attached hydrogens (tertiary/aromatic N) is 3. The van der Waals surface area contributed by atoms with Crippen molar-refractivity contribution in [3.05, 3.63) is 30.0 Å². The number of carboxylic acids is 1. The number of aryl methyl sites for hydroxylation is 1. The number of aromatic carboxylic acids is 1. The lowest BCUT2D eigenvalue weighted by molar-refractivity contribution is 0.0545. The van der Waals surface area contributed by atoms with Gasteiger partial charge in [0.1, 0.15) is 0 Å². The number of rotatable bonds is 4. The highest BCUT2D eigenvalue weighted by Crippen LogP contribution is 2.33. The monoisotopic (exact) mass is 341 g/mol. The van der Waals surface area contributed by atoms with Crippen molar-refractivity contribution in [2.45, 2.75) is 38.3 Å². The maximum absolute atomic E-state index is 11.3.